The highest BCUT2D eigenvalue weighted by molar-refractivity contribution is 5.94. The van der Waals surface area contributed by atoms with Crippen LogP contribution in [0.4, 0.5) is 0 Å². The van der Waals surface area contributed by atoms with Crippen LogP contribution in [0.25, 0.3) is 0 Å². The van der Waals surface area contributed by atoms with Crippen LogP contribution in [0.5, 0.6) is 5.75 Å². The molecule has 0 aromatic heterocycles. The van der Waals surface area contributed by atoms with Crippen LogP contribution in [0, 0.1) is 0 Å². The summed E-state index contributed by atoms with van der Waals surface area (Å²) in [4.78, 5) is 14.0. The first-order valence-electron chi connectivity index (χ1n) is 6.41. The fraction of sp³-hybridized carbons (Fsp3) is 0.500. The lowest BCUT2D eigenvalue weighted by molar-refractivity contribution is 0.0546. The van der Waals surface area contributed by atoms with Gasteiger partial charge in [-0.25, -0.2) is 0 Å². The minimum absolute atomic E-state index is 0.0324. The highest BCUT2D eigenvalue weighted by Gasteiger charge is 2.22. The van der Waals surface area contributed by atoms with Crippen molar-refractivity contribution in [3.8, 4) is 5.75 Å². The summed E-state index contributed by atoms with van der Waals surface area (Å²) in [6.07, 6.45) is 1.08. The van der Waals surface area contributed by atoms with E-state index in [9.17, 15) is 9.90 Å². The Kier molecular flexibility index (Phi) is 4.20. The molecule has 0 saturated carbocycles. The van der Waals surface area contributed by atoms with Crippen molar-refractivity contribution in [1.29, 1.82) is 0 Å². The van der Waals surface area contributed by atoms with Gasteiger partial charge in [-0.15, -0.1) is 0 Å². The van der Waals surface area contributed by atoms with Crippen LogP contribution in [-0.4, -0.2) is 41.7 Å². The molecule has 1 aromatic rings. The van der Waals surface area contributed by atoms with E-state index in [1.54, 1.807) is 17.0 Å². The third-order valence-electron chi connectivity index (χ3n) is 3.16. The molecule has 1 aromatic carbocycles. The molecule has 2 rings (SSSR count). The van der Waals surface area contributed by atoms with E-state index in [4.69, 9.17) is 4.74 Å². The molecule has 1 aliphatic rings. The van der Waals surface area contributed by atoms with Gasteiger partial charge in [-0.05, 0) is 44.0 Å². The third-order valence-corrected chi connectivity index (χ3v) is 3.16. The molecule has 0 atom stereocenters. The summed E-state index contributed by atoms with van der Waals surface area (Å²) in [6, 6.07) is 7.21. The molecule has 1 amide bonds. The first-order chi connectivity index (χ1) is 8.70. The van der Waals surface area contributed by atoms with Gasteiger partial charge in [0.05, 0.1) is 12.7 Å². The molecule has 1 heterocycles. The van der Waals surface area contributed by atoms with Gasteiger partial charge in [-0.1, -0.05) is 0 Å². The lowest BCUT2D eigenvalue weighted by Crippen LogP contribution is -2.40. The molecule has 1 aliphatic heterocycles. The number of hydrogen-bond acceptors (Lipinski definition) is 3. The molecule has 1 fully saturated rings. The minimum Gasteiger partial charge on any atom is -0.494 e. The van der Waals surface area contributed by atoms with Gasteiger partial charge in [0.25, 0.3) is 5.91 Å². The van der Waals surface area contributed by atoms with E-state index in [1.165, 1.54) is 0 Å². The quantitative estimate of drug-likeness (QED) is 0.886. The second kappa shape index (κ2) is 5.87. The van der Waals surface area contributed by atoms with Crippen LogP contribution in [0.1, 0.15) is 30.1 Å². The van der Waals surface area contributed by atoms with E-state index in [-0.39, 0.29) is 12.0 Å². The SMILES string of the molecule is CCOc1ccc(C(=O)N2CCC(O)CC2)cc1. The van der Waals surface area contributed by atoms with Gasteiger partial charge in [-0.3, -0.25) is 4.79 Å². The molecule has 1 saturated heterocycles. The number of carbonyl (C=O) groups is 1. The lowest BCUT2D eigenvalue weighted by atomic mass is 10.1. The highest BCUT2D eigenvalue weighted by Crippen LogP contribution is 2.16. The Morgan fingerprint density at radius 2 is 1.94 bits per heavy atom. The number of aliphatic hydroxyl groups is 1. The number of nitrogens with zero attached hydrogens (tertiary/aromatic N) is 1. The second-order valence-electron chi connectivity index (χ2n) is 4.48. The van der Waals surface area contributed by atoms with Gasteiger partial charge in [0.1, 0.15) is 5.75 Å². The fourth-order valence-corrected chi connectivity index (χ4v) is 2.11. The average molecular weight is 249 g/mol. The summed E-state index contributed by atoms with van der Waals surface area (Å²) >= 11 is 0. The number of hydrogen-bond donors (Lipinski definition) is 1. The predicted octanol–water partition coefficient (Wildman–Crippen LogP) is 1.68. The summed E-state index contributed by atoms with van der Waals surface area (Å²) in [6.45, 7) is 3.82. The van der Waals surface area contributed by atoms with Crippen LogP contribution in [0.3, 0.4) is 0 Å². The van der Waals surface area contributed by atoms with Gasteiger partial charge >= 0.3 is 0 Å². The van der Waals surface area contributed by atoms with Gasteiger partial charge < -0.3 is 14.7 Å². The number of carbonyl (C=O) groups excluding carboxylic acids is 1. The van der Waals surface area contributed by atoms with Crippen molar-refractivity contribution in [2.45, 2.75) is 25.9 Å². The average Bonchev–Trinajstić information content (AvgIpc) is 2.40. The van der Waals surface area contributed by atoms with Crippen LogP contribution in [0.2, 0.25) is 0 Å². The monoisotopic (exact) mass is 249 g/mol. The van der Waals surface area contributed by atoms with Crippen molar-refractivity contribution in [1.82, 2.24) is 4.90 Å². The zero-order valence-corrected chi connectivity index (χ0v) is 10.6. The van der Waals surface area contributed by atoms with Gasteiger partial charge in [0.15, 0.2) is 0 Å². The molecule has 0 aliphatic carbocycles. The van der Waals surface area contributed by atoms with Crippen molar-refractivity contribution in [3.05, 3.63) is 29.8 Å². The van der Waals surface area contributed by atoms with Crippen molar-refractivity contribution in [2.24, 2.45) is 0 Å². The zero-order chi connectivity index (χ0) is 13.0. The first-order valence-corrected chi connectivity index (χ1v) is 6.41. The number of rotatable bonds is 3. The molecule has 0 spiro atoms. The van der Waals surface area contributed by atoms with Crippen molar-refractivity contribution < 1.29 is 14.6 Å². The smallest absolute Gasteiger partial charge is 0.253 e. The minimum atomic E-state index is -0.255. The Morgan fingerprint density at radius 3 is 2.50 bits per heavy atom. The Balaban J connectivity index is 2.00. The molecular weight excluding hydrogens is 230 g/mol. The number of likely N-dealkylation sites (tertiary alicyclic amines) is 1. The third kappa shape index (κ3) is 3.01. The van der Waals surface area contributed by atoms with Crippen LogP contribution >= 0.6 is 0 Å². The Morgan fingerprint density at radius 1 is 1.33 bits per heavy atom. The largest absolute Gasteiger partial charge is 0.494 e. The Bertz CT molecular complexity index is 394. The summed E-state index contributed by atoms with van der Waals surface area (Å²) in [5.41, 5.74) is 0.676. The predicted molar refractivity (Wildman–Crippen MR) is 68.8 cm³/mol. The highest BCUT2D eigenvalue weighted by atomic mass is 16.5. The fourth-order valence-electron chi connectivity index (χ4n) is 2.11. The Hall–Kier alpha value is -1.55. The molecule has 98 valence electrons. The molecule has 0 bridgehead atoms. The van der Waals surface area contributed by atoms with Crippen LogP contribution < -0.4 is 4.74 Å². The van der Waals surface area contributed by atoms with Gasteiger partial charge in [-0.2, -0.15) is 0 Å². The van der Waals surface area contributed by atoms with E-state index >= 15 is 0 Å². The maximum absolute atomic E-state index is 12.2. The number of benzene rings is 1. The maximum Gasteiger partial charge on any atom is 0.253 e. The van der Waals surface area contributed by atoms with E-state index < -0.39 is 0 Å². The molecule has 1 N–H and O–H groups in total. The summed E-state index contributed by atoms with van der Waals surface area (Å²) in [5.74, 6) is 0.813. The first kappa shape index (κ1) is 12.9. The van der Waals surface area contributed by atoms with Gasteiger partial charge in [0.2, 0.25) is 0 Å². The van der Waals surface area contributed by atoms with E-state index in [2.05, 4.69) is 0 Å². The topological polar surface area (TPSA) is 49.8 Å². The number of ether oxygens (including phenoxy) is 1. The van der Waals surface area contributed by atoms with E-state index in [0.29, 0.717) is 38.1 Å². The summed E-state index contributed by atoms with van der Waals surface area (Å²) in [5, 5.41) is 9.42. The normalized spacial score (nSPS) is 16.7. The van der Waals surface area contributed by atoms with Crippen LogP contribution in [-0.2, 0) is 0 Å². The van der Waals surface area contributed by atoms with Crippen molar-refractivity contribution in [3.63, 3.8) is 0 Å². The molecule has 4 nitrogen and oxygen atoms in total. The maximum atomic E-state index is 12.2. The van der Waals surface area contributed by atoms with Gasteiger partial charge in [0, 0.05) is 18.7 Å². The number of amides is 1. The van der Waals surface area contributed by atoms with Crippen molar-refractivity contribution >= 4 is 5.91 Å². The zero-order valence-electron chi connectivity index (χ0n) is 10.6. The molecule has 0 radical (unpaired) electrons. The summed E-state index contributed by atoms with van der Waals surface area (Å²) in [7, 11) is 0. The molecule has 0 unspecified atom stereocenters. The van der Waals surface area contributed by atoms with E-state index in [0.717, 1.165) is 5.75 Å². The number of aliphatic hydroxyl groups excluding tert-OH is 1. The lowest BCUT2D eigenvalue weighted by Gasteiger charge is -2.29. The second-order valence-corrected chi connectivity index (χ2v) is 4.48. The van der Waals surface area contributed by atoms with E-state index in [1.807, 2.05) is 19.1 Å². The molecule has 18 heavy (non-hydrogen) atoms. The molecular formula is C14H19NO3. The number of piperidine rings is 1. The standard InChI is InChI=1S/C14H19NO3/c1-2-18-13-5-3-11(4-6-13)14(17)15-9-7-12(16)8-10-15/h3-6,12,16H,2,7-10H2,1H3. The summed E-state index contributed by atoms with van der Waals surface area (Å²) < 4.78 is 5.34. The Labute approximate surface area is 107 Å². The molecule has 4 heteroatoms. The van der Waals surface area contributed by atoms with Crippen molar-refractivity contribution in [2.75, 3.05) is 19.7 Å². The van der Waals surface area contributed by atoms with Crippen LogP contribution in [0.15, 0.2) is 24.3 Å².